The molecule has 1 aromatic heterocycles. The molecule has 19 heavy (non-hydrogen) atoms. The van der Waals surface area contributed by atoms with Crippen LogP contribution in [0.25, 0.3) is 0 Å². The molecule has 1 amide bonds. The van der Waals surface area contributed by atoms with Crippen molar-refractivity contribution in [3.05, 3.63) is 5.82 Å². The summed E-state index contributed by atoms with van der Waals surface area (Å²) in [5.74, 6) is 3.94. The minimum Gasteiger partial charge on any atom is -0.344 e. The summed E-state index contributed by atoms with van der Waals surface area (Å²) in [6.07, 6.45) is 7.51. The second-order valence-electron chi connectivity index (χ2n) is 4.54. The van der Waals surface area contributed by atoms with Crippen molar-refractivity contribution in [2.24, 2.45) is 0 Å². The third kappa shape index (κ3) is 3.29. The standard InChI is InChI=1S/C13H18N4OS/c1-4-8-14-12(18)9(3)19-13-16-15-11(10-6-7-10)17(13)5-2/h1,9-10H,5-8H2,2-3H3,(H,14,18). The van der Waals surface area contributed by atoms with Crippen LogP contribution in [0.2, 0.25) is 0 Å². The molecule has 1 aliphatic rings. The maximum atomic E-state index is 11.8. The molecule has 1 aliphatic carbocycles. The van der Waals surface area contributed by atoms with Crippen molar-refractivity contribution in [3.63, 3.8) is 0 Å². The quantitative estimate of drug-likeness (QED) is 0.631. The predicted octanol–water partition coefficient (Wildman–Crippen LogP) is 1.41. The molecule has 5 nitrogen and oxygen atoms in total. The van der Waals surface area contributed by atoms with Gasteiger partial charge in [0, 0.05) is 12.5 Å². The summed E-state index contributed by atoms with van der Waals surface area (Å²) in [5, 5.41) is 11.7. The molecule has 0 aliphatic heterocycles. The Bertz CT molecular complexity index is 501. The molecule has 0 radical (unpaired) electrons. The molecular weight excluding hydrogens is 260 g/mol. The Balaban J connectivity index is 2.02. The van der Waals surface area contributed by atoms with Crippen molar-refractivity contribution in [1.29, 1.82) is 0 Å². The third-order valence-corrected chi connectivity index (χ3v) is 4.10. The van der Waals surface area contributed by atoms with Gasteiger partial charge in [-0.2, -0.15) is 0 Å². The first-order valence-electron chi connectivity index (χ1n) is 6.48. The normalized spacial score (nSPS) is 15.8. The lowest BCUT2D eigenvalue weighted by atomic mass is 10.4. The van der Waals surface area contributed by atoms with Crippen molar-refractivity contribution >= 4 is 17.7 Å². The van der Waals surface area contributed by atoms with Gasteiger partial charge in [0.1, 0.15) is 5.82 Å². The molecule has 1 aromatic rings. The molecule has 1 N–H and O–H groups in total. The second-order valence-corrected chi connectivity index (χ2v) is 5.85. The molecule has 0 bridgehead atoms. The number of carbonyl (C=O) groups excluding carboxylic acids is 1. The second kappa shape index (κ2) is 6.11. The summed E-state index contributed by atoms with van der Waals surface area (Å²) < 4.78 is 2.10. The van der Waals surface area contributed by atoms with Gasteiger partial charge in [0.25, 0.3) is 0 Å². The highest BCUT2D eigenvalue weighted by molar-refractivity contribution is 8.00. The fourth-order valence-electron chi connectivity index (χ4n) is 1.82. The van der Waals surface area contributed by atoms with E-state index in [9.17, 15) is 4.79 Å². The van der Waals surface area contributed by atoms with E-state index in [4.69, 9.17) is 6.42 Å². The Morgan fingerprint density at radius 2 is 2.37 bits per heavy atom. The molecule has 1 fully saturated rings. The van der Waals surface area contributed by atoms with Crippen LogP contribution in [0.4, 0.5) is 0 Å². The average molecular weight is 278 g/mol. The molecule has 1 saturated carbocycles. The topological polar surface area (TPSA) is 59.8 Å². The number of carbonyl (C=O) groups is 1. The number of thioether (sulfide) groups is 1. The number of amides is 1. The predicted molar refractivity (Wildman–Crippen MR) is 74.8 cm³/mol. The third-order valence-electron chi connectivity index (χ3n) is 3.02. The highest BCUT2D eigenvalue weighted by Crippen LogP contribution is 2.40. The van der Waals surface area contributed by atoms with E-state index in [0.29, 0.717) is 5.92 Å². The first-order valence-corrected chi connectivity index (χ1v) is 7.36. The molecule has 1 atom stereocenters. The molecule has 102 valence electrons. The maximum Gasteiger partial charge on any atom is 0.234 e. The molecule has 6 heteroatoms. The molecular formula is C13H18N4OS. The summed E-state index contributed by atoms with van der Waals surface area (Å²) in [6, 6.07) is 0. The lowest BCUT2D eigenvalue weighted by molar-refractivity contribution is -0.120. The van der Waals surface area contributed by atoms with Crippen molar-refractivity contribution in [2.75, 3.05) is 6.54 Å². The van der Waals surface area contributed by atoms with Crippen molar-refractivity contribution in [1.82, 2.24) is 20.1 Å². The van der Waals surface area contributed by atoms with Crippen LogP contribution in [0, 0.1) is 12.3 Å². The van der Waals surface area contributed by atoms with Gasteiger partial charge in [0.2, 0.25) is 5.91 Å². The van der Waals surface area contributed by atoms with Gasteiger partial charge >= 0.3 is 0 Å². The number of nitrogens with one attached hydrogen (secondary N) is 1. The number of terminal acetylenes is 1. The van der Waals surface area contributed by atoms with E-state index in [0.717, 1.165) is 17.5 Å². The SMILES string of the molecule is C#CCNC(=O)C(C)Sc1nnc(C2CC2)n1CC. The molecule has 2 rings (SSSR count). The summed E-state index contributed by atoms with van der Waals surface area (Å²) in [5.41, 5.74) is 0. The highest BCUT2D eigenvalue weighted by atomic mass is 32.2. The number of rotatable bonds is 6. The number of hydrogen-bond acceptors (Lipinski definition) is 4. The van der Waals surface area contributed by atoms with Gasteiger partial charge in [0.15, 0.2) is 5.16 Å². The van der Waals surface area contributed by atoms with Crippen LogP contribution in [-0.2, 0) is 11.3 Å². The molecule has 1 unspecified atom stereocenters. The average Bonchev–Trinajstić information content (AvgIpc) is 3.17. The van der Waals surface area contributed by atoms with Crippen LogP contribution < -0.4 is 5.32 Å². The summed E-state index contributed by atoms with van der Waals surface area (Å²) >= 11 is 1.43. The summed E-state index contributed by atoms with van der Waals surface area (Å²) in [7, 11) is 0. The summed E-state index contributed by atoms with van der Waals surface area (Å²) in [6.45, 7) is 5.02. The van der Waals surface area contributed by atoms with Gasteiger partial charge in [-0.15, -0.1) is 16.6 Å². The number of hydrogen-bond donors (Lipinski definition) is 1. The van der Waals surface area contributed by atoms with E-state index in [-0.39, 0.29) is 17.7 Å². The van der Waals surface area contributed by atoms with Crippen LogP contribution in [-0.4, -0.2) is 32.5 Å². The van der Waals surface area contributed by atoms with Gasteiger partial charge in [-0.1, -0.05) is 17.7 Å². The zero-order chi connectivity index (χ0) is 13.8. The maximum absolute atomic E-state index is 11.8. The Kier molecular flexibility index (Phi) is 4.48. The Labute approximate surface area is 117 Å². The van der Waals surface area contributed by atoms with Gasteiger partial charge in [0.05, 0.1) is 11.8 Å². The van der Waals surface area contributed by atoms with Gasteiger partial charge < -0.3 is 9.88 Å². The Hall–Kier alpha value is -1.48. The largest absolute Gasteiger partial charge is 0.344 e. The van der Waals surface area contributed by atoms with Crippen LogP contribution in [0.3, 0.4) is 0 Å². The van der Waals surface area contributed by atoms with E-state index in [2.05, 4.69) is 32.9 Å². The molecule has 0 spiro atoms. The van der Waals surface area contributed by atoms with E-state index in [1.165, 1.54) is 24.6 Å². The van der Waals surface area contributed by atoms with Crippen molar-refractivity contribution in [3.8, 4) is 12.3 Å². The van der Waals surface area contributed by atoms with E-state index in [1.54, 1.807) is 0 Å². The first-order chi connectivity index (χ1) is 9.17. The minimum absolute atomic E-state index is 0.0680. The monoisotopic (exact) mass is 278 g/mol. The van der Waals surface area contributed by atoms with E-state index < -0.39 is 0 Å². The van der Waals surface area contributed by atoms with Crippen LogP contribution in [0.1, 0.15) is 38.4 Å². The molecule has 0 aromatic carbocycles. The minimum atomic E-state index is -0.227. The Morgan fingerprint density at radius 3 is 2.95 bits per heavy atom. The van der Waals surface area contributed by atoms with Crippen LogP contribution >= 0.6 is 11.8 Å². The highest BCUT2D eigenvalue weighted by Gasteiger charge is 2.30. The van der Waals surface area contributed by atoms with Crippen LogP contribution in [0.15, 0.2) is 5.16 Å². The molecule has 1 heterocycles. The lowest BCUT2D eigenvalue weighted by Crippen LogP contribution is -2.31. The fourth-order valence-corrected chi connectivity index (χ4v) is 2.77. The first kappa shape index (κ1) is 13.9. The number of nitrogens with zero attached hydrogens (tertiary/aromatic N) is 3. The smallest absolute Gasteiger partial charge is 0.234 e. The van der Waals surface area contributed by atoms with Gasteiger partial charge in [-0.3, -0.25) is 4.79 Å². The fraction of sp³-hybridized carbons (Fsp3) is 0.615. The zero-order valence-electron chi connectivity index (χ0n) is 11.2. The van der Waals surface area contributed by atoms with E-state index in [1.807, 2.05) is 6.92 Å². The van der Waals surface area contributed by atoms with Gasteiger partial charge in [-0.05, 0) is 26.7 Å². The van der Waals surface area contributed by atoms with Crippen molar-refractivity contribution in [2.45, 2.75) is 49.6 Å². The van der Waals surface area contributed by atoms with Gasteiger partial charge in [-0.25, -0.2) is 0 Å². The number of aromatic nitrogens is 3. The van der Waals surface area contributed by atoms with Crippen LogP contribution in [0.5, 0.6) is 0 Å². The zero-order valence-corrected chi connectivity index (χ0v) is 12.0. The summed E-state index contributed by atoms with van der Waals surface area (Å²) in [4.78, 5) is 11.8. The lowest BCUT2D eigenvalue weighted by Gasteiger charge is -2.11. The molecule has 0 saturated heterocycles. The Morgan fingerprint density at radius 1 is 1.63 bits per heavy atom. The van der Waals surface area contributed by atoms with E-state index >= 15 is 0 Å². The van der Waals surface area contributed by atoms with Crippen molar-refractivity contribution < 1.29 is 4.79 Å².